The zero-order valence-corrected chi connectivity index (χ0v) is 16.7. The van der Waals surface area contributed by atoms with Crippen LogP contribution in [0.25, 0.3) is 11.5 Å². The normalized spacial score (nSPS) is 14.1. The largest absolute Gasteiger partial charge is 0.421 e. The lowest BCUT2D eigenvalue weighted by atomic mass is 10.2. The van der Waals surface area contributed by atoms with Gasteiger partial charge in [0.15, 0.2) is 0 Å². The number of carbonyl (C=O) groups is 1. The van der Waals surface area contributed by atoms with E-state index >= 15 is 0 Å². The molecular formula is C21H23FN6O2. The van der Waals surface area contributed by atoms with Gasteiger partial charge in [-0.2, -0.15) is 0 Å². The molecule has 1 aliphatic heterocycles. The number of carbonyl (C=O) groups excluding carboxylic acids is 1. The molecule has 8 nitrogen and oxygen atoms in total. The summed E-state index contributed by atoms with van der Waals surface area (Å²) in [4.78, 5) is 20.9. The van der Waals surface area contributed by atoms with Gasteiger partial charge >= 0.3 is 6.03 Å². The van der Waals surface area contributed by atoms with E-state index < -0.39 is 0 Å². The summed E-state index contributed by atoms with van der Waals surface area (Å²) in [5.41, 5.74) is 1.51. The minimum atomic E-state index is -0.311. The van der Waals surface area contributed by atoms with Gasteiger partial charge in [-0.1, -0.05) is 19.1 Å². The molecule has 2 amide bonds. The molecule has 3 aromatic rings. The van der Waals surface area contributed by atoms with Crippen molar-refractivity contribution < 1.29 is 13.6 Å². The zero-order valence-electron chi connectivity index (χ0n) is 16.7. The first kappa shape index (κ1) is 19.8. The van der Waals surface area contributed by atoms with Crippen molar-refractivity contribution in [2.24, 2.45) is 0 Å². The third-order valence-electron chi connectivity index (χ3n) is 4.99. The van der Waals surface area contributed by atoms with Gasteiger partial charge in [0.1, 0.15) is 11.6 Å². The first-order chi connectivity index (χ1) is 14.6. The monoisotopic (exact) mass is 410 g/mol. The second-order valence-corrected chi connectivity index (χ2v) is 6.99. The summed E-state index contributed by atoms with van der Waals surface area (Å²) in [6.07, 6.45) is 2.40. The Morgan fingerprint density at radius 3 is 2.73 bits per heavy atom. The predicted molar refractivity (Wildman–Crippen MR) is 109 cm³/mol. The van der Waals surface area contributed by atoms with Crippen molar-refractivity contribution in [1.29, 1.82) is 0 Å². The van der Waals surface area contributed by atoms with Gasteiger partial charge in [-0.05, 0) is 29.8 Å². The summed E-state index contributed by atoms with van der Waals surface area (Å²) in [6.45, 7) is 4.61. The van der Waals surface area contributed by atoms with E-state index in [1.165, 1.54) is 12.1 Å². The molecule has 30 heavy (non-hydrogen) atoms. The number of amides is 2. The highest BCUT2D eigenvalue weighted by Crippen LogP contribution is 2.28. The van der Waals surface area contributed by atoms with Crippen LogP contribution >= 0.6 is 0 Å². The van der Waals surface area contributed by atoms with Crippen LogP contribution in [-0.2, 0) is 13.0 Å². The molecule has 1 saturated heterocycles. The number of hydrogen-bond donors (Lipinski definition) is 1. The smallest absolute Gasteiger partial charge is 0.317 e. The highest BCUT2D eigenvalue weighted by Gasteiger charge is 2.25. The molecule has 0 radical (unpaired) electrons. The molecule has 0 unspecified atom stereocenters. The number of nitrogens with zero attached hydrogens (tertiary/aromatic N) is 5. The highest BCUT2D eigenvalue weighted by molar-refractivity contribution is 5.75. The summed E-state index contributed by atoms with van der Waals surface area (Å²) in [5, 5.41) is 11.0. The fourth-order valence-corrected chi connectivity index (χ4v) is 3.38. The van der Waals surface area contributed by atoms with Crippen LogP contribution in [0, 0.1) is 5.82 Å². The van der Waals surface area contributed by atoms with Crippen molar-refractivity contribution in [1.82, 2.24) is 25.4 Å². The van der Waals surface area contributed by atoms with E-state index in [0.717, 1.165) is 16.9 Å². The number of anilines is 1. The second kappa shape index (κ2) is 8.89. The molecular weight excluding hydrogens is 387 g/mol. The van der Waals surface area contributed by atoms with Gasteiger partial charge in [-0.3, -0.25) is 0 Å². The van der Waals surface area contributed by atoms with Crippen molar-refractivity contribution in [2.45, 2.75) is 19.9 Å². The Hall–Kier alpha value is -3.49. The number of aryl methyl sites for hydroxylation is 1. The Morgan fingerprint density at radius 1 is 1.17 bits per heavy atom. The number of halogens is 1. The van der Waals surface area contributed by atoms with Crippen molar-refractivity contribution in [2.75, 3.05) is 31.1 Å². The maximum Gasteiger partial charge on any atom is 0.317 e. The third kappa shape index (κ3) is 4.40. The zero-order chi connectivity index (χ0) is 20.9. The summed E-state index contributed by atoms with van der Waals surface area (Å²) in [6, 6.07) is 9.80. The number of aromatic nitrogens is 3. The average molecular weight is 410 g/mol. The second-order valence-electron chi connectivity index (χ2n) is 6.99. The molecule has 0 bridgehead atoms. The lowest BCUT2D eigenvalue weighted by Gasteiger charge is -2.35. The molecule has 2 aromatic heterocycles. The molecule has 0 spiro atoms. The molecule has 1 aliphatic rings. The van der Waals surface area contributed by atoms with E-state index in [9.17, 15) is 9.18 Å². The Labute approximate surface area is 173 Å². The Morgan fingerprint density at radius 2 is 2.00 bits per heavy atom. The van der Waals surface area contributed by atoms with Gasteiger partial charge in [-0.15, -0.1) is 10.2 Å². The van der Waals surface area contributed by atoms with Crippen LogP contribution in [0.15, 0.2) is 47.0 Å². The minimum absolute atomic E-state index is 0.162. The van der Waals surface area contributed by atoms with Crippen molar-refractivity contribution in [3.8, 4) is 11.5 Å². The number of benzene rings is 1. The highest BCUT2D eigenvalue weighted by atomic mass is 19.1. The maximum absolute atomic E-state index is 13.3. The number of nitrogens with one attached hydrogen (secondary N) is 1. The first-order valence-corrected chi connectivity index (χ1v) is 9.94. The quantitative estimate of drug-likeness (QED) is 0.696. The van der Waals surface area contributed by atoms with E-state index in [4.69, 9.17) is 4.42 Å². The fraction of sp³-hybridized carbons (Fsp3) is 0.333. The molecule has 9 heteroatoms. The summed E-state index contributed by atoms with van der Waals surface area (Å²) in [5.74, 6) is 1.49. The summed E-state index contributed by atoms with van der Waals surface area (Å²) >= 11 is 0. The summed E-state index contributed by atoms with van der Waals surface area (Å²) < 4.78 is 19.0. The van der Waals surface area contributed by atoms with E-state index in [1.807, 2.05) is 19.1 Å². The SMILES string of the molecule is CCc1nnc(-c2cccnc2N2CCN(C(=O)NCc3cccc(F)c3)CC2)o1. The standard InChI is InChI=1S/C21H23FN6O2/c1-2-18-25-26-20(30-18)17-7-4-8-23-19(17)27-9-11-28(12-10-27)21(29)24-14-15-5-3-6-16(22)13-15/h3-8,13H,2,9-12,14H2,1H3,(H,24,29). The van der Waals surface area contributed by atoms with Crippen LogP contribution in [0.3, 0.4) is 0 Å². The van der Waals surface area contributed by atoms with Crippen LogP contribution in [0.5, 0.6) is 0 Å². The molecule has 1 N–H and O–H groups in total. The summed E-state index contributed by atoms with van der Waals surface area (Å²) in [7, 11) is 0. The number of rotatable bonds is 5. The molecule has 1 fully saturated rings. The lowest BCUT2D eigenvalue weighted by Crippen LogP contribution is -2.52. The van der Waals surface area contributed by atoms with E-state index in [2.05, 4.69) is 25.4 Å². The Balaban J connectivity index is 1.37. The maximum atomic E-state index is 13.3. The lowest BCUT2D eigenvalue weighted by molar-refractivity contribution is 0.194. The molecule has 0 aliphatic carbocycles. The van der Waals surface area contributed by atoms with Crippen molar-refractivity contribution in [3.63, 3.8) is 0 Å². The first-order valence-electron chi connectivity index (χ1n) is 9.94. The van der Waals surface area contributed by atoms with E-state index in [-0.39, 0.29) is 18.4 Å². The molecule has 156 valence electrons. The van der Waals surface area contributed by atoms with E-state index in [1.54, 1.807) is 23.2 Å². The van der Waals surface area contributed by atoms with Gasteiger partial charge in [0.2, 0.25) is 5.89 Å². The number of urea groups is 1. The van der Waals surface area contributed by atoms with Crippen LogP contribution in [0.1, 0.15) is 18.4 Å². The predicted octanol–water partition coefficient (Wildman–Crippen LogP) is 2.86. The topological polar surface area (TPSA) is 87.4 Å². The number of pyridine rings is 1. The molecule has 0 atom stereocenters. The van der Waals surface area contributed by atoms with Crippen LogP contribution in [0.4, 0.5) is 15.0 Å². The van der Waals surface area contributed by atoms with Gasteiger partial charge in [0, 0.05) is 45.3 Å². The van der Waals surface area contributed by atoms with Crippen molar-refractivity contribution in [3.05, 3.63) is 59.9 Å². The molecule has 0 saturated carbocycles. The molecule has 4 rings (SSSR count). The van der Waals surface area contributed by atoms with E-state index in [0.29, 0.717) is 44.4 Å². The van der Waals surface area contributed by atoms with Gasteiger partial charge < -0.3 is 19.5 Å². The fourth-order valence-electron chi connectivity index (χ4n) is 3.38. The van der Waals surface area contributed by atoms with Gasteiger partial charge in [0.05, 0.1) is 5.56 Å². The average Bonchev–Trinajstić information content (AvgIpc) is 3.27. The van der Waals surface area contributed by atoms with Crippen molar-refractivity contribution >= 4 is 11.8 Å². The van der Waals surface area contributed by atoms with Gasteiger partial charge in [0.25, 0.3) is 5.89 Å². The minimum Gasteiger partial charge on any atom is -0.421 e. The van der Waals surface area contributed by atoms with Crippen LogP contribution in [-0.4, -0.2) is 52.3 Å². The Bertz CT molecular complexity index is 1020. The molecule has 3 heterocycles. The van der Waals surface area contributed by atoms with Crippen LogP contribution < -0.4 is 10.2 Å². The van der Waals surface area contributed by atoms with Crippen LogP contribution in [0.2, 0.25) is 0 Å². The third-order valence-corrected chi connectivity index (χ3v) is 4.99. The molecule has 1 aromatic carbocycles. The number of hydrogen-bond acceptors (Lipinski definition) is 6. The number of piperazine rings is 1. The van der Waals surface area contributed by atoms with Gasteiger partial charge in [-0.25, -0.2) is 14.2 Å². The Kier molecular flexibility index (Phi) is 5.87.